The molecule has 0 aliphatic carbocycles. The van der Waals surface area contributed by atoms with Crippen LogP contribution in [0.3, 0.4) is 0 Å². The second-order valence-corrected chi connectivity index (χ2v) is 22.2. The van der Waals surface area contributed by atoms with Crippen LogP contribution in [0.15, 0.2) is 109 Å². The van der Waals surface area contributed by atoms with Gasteiger partial charge in [-0.1, -0.05) is 152 Å². The number of fused-ring (bicyclic) bond motifs is 1. The number of hydrogen-bond acceptors (Lipinski definition) is 4. The van der Waals surface area contributed by atoms with Crippen molar-refractivity contribution in [3.05, 3.63) is 143 Å². The highest BCUT2D eigenvalue weighted by atomic mass is 16.3. The van der Waals surface area contributed by atoms with Crippen molar-refractivity contribution in [2.45, 2.75) is 131 Å². The number of hydrogen-bond donors (Lipinski definition) is 1. The Bertz CT molecular complexity index is 2870. The fourth-order valence-corrected chi connectivity index (χ4v) is 8.11. The Hall–Kier alpha value is -5.99. The van der Waals surface area contributed by atoms with Gasteiger partial charge < -0.3 is 5.11 Å². The normalized spacial score (nSPS) is 12.8. The van der Waals surface area contributed by atoms with Gasteiger partial charge in [0.1, 0.15) is 17.6 Å². The molecule has 7 aromatic rings. The lowest BCUT2D eigenvalue weighted by Crippen LogP contribution is -2.17. The van der Waals surface area contributed by atoms with Gasteiger partial charge in [0.05, 0.1) is 33.7 Å². The van der Waals surface area contributed by atoms with E-state index >= 15 is 0 Å². The van der Waals surface area contributed by atoms with E-state index < -0.39 is 0 Å². The van der Waals surface area contributed by atoms with Gasteiger partial charge in [-0.15, -0.1) is 0 Å². The molecule has 0 bridgehead atoms. The largest absolute Gasteiger partial charge is 0.507 e. The number of nitrogens with zero attached hydrogens (tertiary/aromatic N) is 4. The van der Waals surface area contributed by atoms with E-state index in [0.29, 0.717) is 5.56 Å². The molecule has 0 amide bonds. The number of nitriles is 1. The third-order valence-electron chi connectivity index (χ3n) is 12.1. The fraction of sp³-hybridized carbons (Fsp3) is 0.351. The van der Waals surface area contributed by atoms with Gasteiger partial charge in [0.2, 0.25) is 0 Å². The topological polar surface area (TPSA) is 74.7 Å². The van der Waals surface area contributed by atoms with E-state index in [2.05, 4.69) is 199 Å². The van der Waals surface area contributed by atoms with Crippen molar-refractivity contribution >= 4 is 11.0 Å². The van der Waals surface area contributed by atoms with Crippen LogP contribution in [0.4, 0.5) is 0 Å². The minimum Gasteiger partial charge on any atom is -0.507 e. The summed E-state index contributed by atoms with van der Waals surface area (Å²) in [5.41, 5.74) is 13.9. The molecule has 0 atom stereocenters. The summed E-state index contributed by atoms with van der Waals surface area (Å²) in [5.74, 6) is 1.01. The zero-order valence-electron chi connectivity index (χ0n) is 39.6. The number of phenols is 1. The molecule has 2 aromatic heterocycles. The average molecular weight is 821 g/mol. The molecule has 318 valence electrons. The molecule has 1 N–H and O–H groups in total. The van der Waals surface area contributed by atoms with Gasteiger partial charge in [-0.25, -0.2) is 9.97 Å². The first-order valence-corrected chi connectivity index (χ1v) is 21.9. The molecule has 62 heavy (non-hydrogen) atoms. The van der Waals surface area contributed by atoms with Crippen molar-refractivity contribution in [3.63, 3.8) is 0 Å². The Balaban J connectivity index is 1.57. The molecule has 0 radical (unpaired) electrons. The number of benzene rings is 5. The highest BCUT2D eigenvalue weighted by Crippen LogP contribution is 2.45. The monoisotopic (exact) mass is 821 g/mol. The van der Waals surface area contributed by atoms with Crippen LogP contribution in [0.2, 0.25) is 0 Å². The Morgan fingerprint density at radius 2 is 1.05 bits per heavy atom. The first-order chi connectivity index (χ1) is 28.8. The second-order valence-electron chi connectivity index (χ2n) is 22.2. The SMILES string of the molecule is CC(C)(C)c1cc(-c2cc(C(C)(C)C)cc(-c3cc(C(C)(C)C)cc(C(C)(C)C)c3O)n2)cc(-c2nc3cccc(C#N)c3n2-c2ccc(C(C)(C)C)cc2-c2ccccc2)c1. The second kappa shape index (κ2) is 15.4. The molecule has 7 rings (SSSR count). The summed E-state index contributed by atoms with van der Waals surface area (Å²) in [5, 5.41) is 22.7. The molecule has 5 aromatic carbocycles. The smallest absolute Gasteiger partial charge is 0.145 e. The van der Waals surface area contributed by atoms with E-state index in [-0.39, 0.29) is 32.8 Å². The summed E-state index contributed by atoms with van der Waals surface area (Å²) in [6.07, 6.45) is 0. The molecule has 0 unspecified atom stereocenters. The van der Waals surface area contributed by atoms with Gasteiger partial charge in [0, 0.05) is 27.8 Å². The number of imidazole rings is 1. The van der Waals surface area contributed by atoms with Gasteiger partial charge in [0.25, 0.3) is 0 Å². The first-order valence-electron chi connectivity index (χ1n) is 21.9. The number of rotatable bonds is 5. The van der Waals surface area contributed by atoms with Crippen LogP contribution in [-0.4, -0.2) is 19.6 Å². The summed E-state index contributed by atoms with van der Waals surface area (Å²) < 4.78 is 2.20. The van der Waals surface area contributed by atoms with Crippen molar-refractivity contribution in [3.8, 4) is 62.5 Å². The van der Waals surface area contributed by atoms with Crippen molar-refractivity contribution in [1.29, 1.82) is 5.26 Å². The average Bonchev–Trinajstić information content (AvgIpc) is 3.59. The van der Waals surface area contributed by atoms with E-state index in [1.807, 2.05) is 24.3 Å². The maximum atomic E-state index is 12.1. The molecule has 0 aliphatic rings. The fourth-order valence-electron chi connectivity index (χ4n) is 8.11. The predicted octanol–water partition coefficient (Wildman–Crippen LogP) is 15.2. The number of pyridine rings is 1. The molecule has 0 saturated heterocycles. The lowest BCUT2D eigenvalue weighted by molar-refractivity contribution is 0.446. The van der Waals surface area contributed by atoms with Crippen LogP contribution in [0.25, 0.3) is 61.8 Å². The number of aromatic hydroxyl groups is 1. The van der Waals surface area contributed by atoms with E-state index in [9.17, 15) is 10.4 Å². The molecule has 5 nitrogen and oxygen atoms in total. The number of aromatic nitrogens is 3. The van der Waals surface area contributed by atoms with Gasteiger partial charge >= 0.3 is 0 Å². The molecule has 2 heterocycles. The van der Waals surface area contributed by atoms with Crippen LogP contribution in [-0.2, 0) is 27.1 Å². The summed E-state index contributed by atoms with van der Waals surface area (Å²) in [4.78, 5) is 10.8. The third-order valence-corrected chi connectivity index (χ3v) is 12.1. The minimum atomic E-state index is -0.287. The molecule has 0 aliphatic heterocycles. The van der Waals surface area contributed by atoms with E-state index in [0.717, 1.165) is 84.0 Å². The van der Waals surface area contributed by atoms with Gasteiger partial charge in [-0.3, -0.25) is 4.57 Å². The van der Waals surface area contributed by atoms with Crippen molar-refractivity contribution in [1.82, 2.24) is 14.5 Å². The molecule has 0 saturated carbocycles. The predicted molar refractivity (Wildman–Crippen MR) is 260 cm³/mol. The Kier molecular flexibility index (Phi) is 11.0. The Morgan fingerprint density at radius 3 is 1.65 bits per heavy atom. The minimum absolute atomic E-state index is 0.0811. The van der Waals surface area contributed by atoms with Gasteiger partial charge in [-0.2, -0.15) is 5.26 Å². The highest BCUT2D eigenvalue weighted by molar-refractivity contribution is 5.91. The quantitative estimate of drug-likeness (QED) is 0.188. The lowest BCUT2D eigenvalue weighted by Gasteiger charge is -2.28. The van der Waals surface area contributed by atoms with E-state index in [4.69, 9.17) is 9.97 Å². The molecule has 0 fully saturated rings. The zero-order valence-corrected chi connectivity index (χ0v) is 39.6. The maximum Gasteiger partial charge on any atom is 0.145 e. The van der Waals surface area contributed by atoms with Crippen molar-refractivity contribution in [2.24, 2.45) is 0 Å². The summed E-state index contributed by atoms with van der Waals surface area (Å²) in [6.45, 7) is 33.2. The van der Waals surface area contributed by atoms with Crippen LogP contribution in [0.5, 0.6) is 5.75 Å². The maximum absolute atomic E-state index is 12.1. The number of phenolic OH excluding ortho intramolecular Hbond substituents is 1. The molecule has 0 spiro atoms. The third kappa shape index (κ3) is 8.58. The summed E-state index contributed by atoms with van der Waals surface area (Å²) in [7, 11) is 0. The molecular weight excluding hydrogens is 757 g/mol. The first kappa shape index (κ1) is 44.1. The number of para-hydroxylation sites is 1. The Labute approximate surface area is 370 Å². The summed E-state index contributed by atoms with van der Waals surface area (Å²) >= 11 is 0. The summed E-state index contributed by atoms with van der Waals surface area (Å²) in [6, 6.07) is 40.9. The zero-order chi connectivity index (χ0) is 45.3. The highest BCUT2D eigenvalue weighted by Gasteiger charge is 2.29. The van der Waals surface area contributed by atoms with Gasteiger partial charge in [0.15, 0.2) is 0 Å². The molecular formula is C57H64N4O. The van der Waals surface area contributed by atoms with Crippen LogP contribution < -0.4 is 0 Å². The van der Waals surface area contributed by atoms with Gasteiger partial charge in [-0.05, 0) is 116 Å². The van der Waals surface area contributed by atoms with Crippen LogP contribution in [0.1, 0.15) is 137 Å². The van der Waals surface area contributed by atoms with E-state index in [1.54, 1.807) is 0 Å². The standard InChI is InChI=1S/C57H64N4O/c1-53(2,3)39-24-25-49(43(29-39)35-20-17-16-18-21-35)61-50-36(34-58)22-19-23-46(50)60-52(61)38-26-37(27-40(28-38)54(4,5)6)47-32-42(56(10,11)12)33-48(59-47)44-30-41(55(7,8)9)31-45(51(44)62)57(13,14)15/h16-33,62H,1-15H3. The van der Waals surface area contributed by atoms with Crippen molar-refractivity contribution in [2.75, 3.05) is 0 Å². The van der Waals surface area contributed by atoms with Crippen LogP contribution >= 0.6 is 0 Å². The lowest BCUT2D eigenvalue weighted by atomic mass is 9.78. The van der Waals surface area contributed by atoms with Crippen LogP contribution in [0, 0.1) is 11.3 Å². The van der Waals surface area contributed by atoms with Crippen molar-refractivity contribution < 1.29 is 5.11 Å². The Morgan fingerprint density at radius 1 is 0.484 bits per heavy atom. The van der Waals surface area contributed by atoms with E-state index in [1.165, 1.54) is 5.56 Å². The molecule has 5 heteroatoms.